The molecule has 1 atom stereocenters. The van der Waals surface area contributed by atoms with Gasteiger partial charge in [-0.1, -0.05) is 0 Å². The highest BCUT2D eigenvalue weighted by atomic mass is 32.1. The standard InChI is InChI=1S/C8H16N2OS/c1-6(12)8(11)10-4-2-7(9)3-5-10/h6-7,12H,2-5,9H2,1H3. The molecule has 0 bridgehead atoms. The Morgan fingerprint density at radius 2 is 2.08 bits per heavy atom. The van der Waals surface area contributed by atoms with E-state index >= 15 is 0 Å². The van der Waals surface area contributed by atoms with E-state index in [9.17, 15) is 4.79 Å². The van der Waals surface area contributed by atoms with Crippen molar-refractivity contribution in [1.82, 2.24) is 4.90 Å². The molecule has 1 aliphatic heterocycles. The van der Waals surface area contributed by atoms with Crippen LogP contribution in [-0.4, -0.2) is 35.2 Å². The summed E-state index contributed by atoms with van der Waals surface area (Å²) < 4.78 is 0. The number of likely N-dealkylation sites (tertiary alicyclic amines) is 1. The van der Waals surface area contributed by atoms with Crippen LogP contribution in [0.25, 0.3) is 0 Å². The molecule has 1 unspecified atom stereocenters. The van der Waals surface area contributed by atoms with Crippen LogP contribution >= 0.6 is 12.6 Å². The van der Waals surface area contributed by atoms with Gasteiger partial charge in [0.1, 0.15) is 0 Å². The molecule has 1 rings (SSSR count). The number of carbonyl (C=O) groups excluding carboxylic acids is 1. The lowest BCUT2D eigenvalue weighted by Crippen LogP contribution is -2.45. The summed E-state index contributed by atoms with van der Waals surface area (Å²) in [7, 11) is 0. The molecule has 0 aromatic rings. The number of rotatable bonds is 1. The molecule has 0 saturated carbocycles. The normalized spacial score (nSPS) is 22.4. The number of amides is 1. The number of thiol groups is 1. The molecule has 1 saturated heterocycles. The molecule has 0 aromatic carbocycles. The van der Waals surface area contributed by atoms with E-state index in [2.05, 4.69) is 12.6 Å². The summed E-state index contributed by atoms with van der Waals surface area (Å²) in [6.07, 6.45) is 1.85. The summed E-state index contributed by atoms with van der Waals surface area (Å²) in [5.74, 6) is 0.130. The highest BCUT2D eigenvalue weighted by Crippen LogP contribution is 2.10. The van der Waals surface area contributed by atoms with E-state index in [1.54, 1.807) is 6.92 Å². The molecule has 0 spiro atoms. The van der Waals surface area contributed by atoms with Gasteiger partial charge in [-0.2, -0.15) is 12.6 Å². The van der Waals surface area contributed by atoms with Crippen molar-refractivity contribution in [3.05, 3.63) is 0 Å². The number of hydrogen-bond acceptors (Lipinski definition) is 3. The summed E-state index contributed by atoms with van der Waals surface area (Å²) in [5.41, 5.74) is 5.72. The van der Waals surface area contributed by atoms with Gasteiger partial charge in [0.15, 0.2) is 0 Å². The third-order valence-corrected chi connectivity index (χ3v) is 2.43. The molecular weight excluding hydrogens is 172 g/mol. The Labute approximate surface area is 78.7 Å². The number of hydrogen-bond donors (Lipinski definition) is 2. The highest BCUT2D eigenvalue weighted by Gasteiger charge is 2.22. The topological polar surface area (TPSA) is 46.3 Å². The zero-order chi connectivity index (χ0) is 9.14. The molecule has 70 valence electrons. The third kappa shape index (κ3) is 2.38. The highest BCUT2D eigenvalue weighted by molar-refractivity contribution is 7.81. The van der Waals surface area contributed by atoms with Crippen LogP contribution in [0.15, 0.2) is 0 Å². The lowest BCUT2D eigenvalue weighted by molar-refractivity contribution is -0.131. The van der Waals surface area contributed by atoms with Crippen molar-refractivity contribution < 1.29 is 4.79 Å². The SMILES string of the molecule is CC(S)C(=O)N1CCC(N)CC1. The van der Waals surface area contributed by atoms with E-state index < -0.39 is 0 Å². The first-order valence-electron chi connectivity index (χ1n) is 4.33. The summed E-state index contributed by atoms with van der Waals surface area (Å²) in [6.45, 7) is 3.40. The van der Waals surface area contributed by atoms with Crippen LogP contribution in [0.1, 0.15) is 19.8 Å². The van der Waals surface area contributed by atoms with Gasteiger partial charge in [-0.25, -0.2) is 0 Å². The maximum absolute atomic E-state index is 11.4. The molecule has 0 aromatic heterocycles. The lowest BCUT2D eigenvalue weighted by atomic mass is 10.1. The minimum Gasteiger partial charge on any atom is -0.342 e. The van der Waals surface area contributed by atoms with Crippen molar-refractivity contribution in [2.75, 3.05) is 13.1 Å². The smallest absolute Gasteiger partial charge is 0.235 e. The Morgan fingerprint density at radius 3 is 2.50 bits per heavy atom. The van der Waals surface area contributed by atoms with Gasteiger partial charge in [0.25, 0.3) is 0 Å². The molecule has 1 fully saturated rings. The first kappa shape index (κ1) is 9.86. The molecule has 3 nitrogen and oxygen atoms in total. The lowest BCUT2D eigenvalue weighted by Gasteiger charge is -2.31. The number of nitrogens with zero attached hydrogens (tertiary/aromatic N) is 1. The monoisotopic (exact) mass is 188 g/mol. The van der Waals surface area contributed by atoms with Crippen LogP contribution in [0.5, 0.6) is 0 Å². The zero-order valence-electron chi connectivity index (χ0n) is 7.36. The van der Waals surface area contributed by atoms with Crippen molar-refractivity contribution >= 4 is 18.5 Å². The first-order valence-corrected chi connectivity index (χ1v) is 4.85. The molecule has 1 heterocycles. The van der Waals surface area contributed by atoms with Gasteiger partial charge in [-0.05, 0) is 19.8 Å². The number of piperidine rings is 1. The Balaban J connectivity index is 2.39. The zero-order valence-corrected chi connectivity index (χ0v) is 8.26. The fourth-order valence-corrected chi connectivity index (χ4v) is 1.55. The molecule has 4 heteroatoms. The Morgan fingerprint density at radius 1 is 1.58 bits per heavy atom. The van der Waals surface area contributed by atoms with Crippen LogP contribution in [0.4, 0.5) is 0 Å². The molecule has 1 amide bonds. The van der Waals surface area contributed by atoms with Crippen LogP contribution in [-0.2, 0) is 4.79 Å². The fraction of sp³-hybridized carbons (Fsp3) is 0.875. The Kier molecular flexibility index (Phi) is 3.40. The third-order valence-electron chi connectivity index (χ3n) is 2.21. The summed E-state index contributed by atoms with van der Waals surface area (Å²) in [5, 5.41) is -0.181. The number of carbonyl (C=O) groups is 1. The molecule has 1 aliphatic rings. The van der Waals surface area contributed by atoms with Gasteiger partial charge >= 0.3 is 0 Å². The number of nitrogens with two attached hydrogens (primary N) is 1. The molecule has 0 radical (unpaired) electrons. The van der Waals surface area contributed by atoms with Crippen molar-refractivity contribution in [2.24, 2.45) is 5.73 Å². The second-order valence-corrected chi connectivity index (χ2v) is 4.11. The van der Waals surface area contributed by atoms with Crippen LogP contribution in [0.3, 0.4) is 0 Å². The van der Waals surface area contributed by atoms with Gasteiger partial charge in [0.05, 0.1) is 5.25 Å². The molecule has 2 N–H and O–H groups in total. The van der Waals surface area contributed by atoms with Gasteiger partial charge in [-0.3, -0.25) is 4.79 Å². The maximum Gasteiger partial charge on any atom is 0.235 e. The predicted molar refractivity (Wildman–Crippen MR) is 52.2 cm³/mol. The van der Waals surface area contributed by atoms with E-state index in [1.807, 2.05) is 4.90 Å². The summed E-state index contributed by atoms with van der Waals surface area (Å²) >= 11 is 4.10. The van der Waals surface area contributed by atoms with Crippen LogP contribution in [0, 0.1) is 0 Å². The van der Waals surface area contributed by atoms with E-state index in [0.29, 0.717) is 0 Å². The second kappa shape index (κ2) is 4.14. The van der Waals surface area contributed by atoms with E-state index in [0.717, 1.165) is 25.9 Å². The Hall–Kier alpha value is -0.220. The van der Waals surface area contributed by atoms with Crippen LogP contribution < -0.4 is 5.73 Å². The quantitative estimate of drug-likeness (QED) is 0.580. The fourth-order valence-electron chi connectivity index (χ4n) is 1.38. The van der Waals surface area contributed by atoms with Gasteiger partial charge in [0.2, 0.25) is 5.91 Å². The van der Waals surface area contributed by atoms with Crippen LogP contribution in [0.2, 0.25) is 0 Å². The summed E-state index contributed by atoms with van der Waals surface area (Å²) in [6, 6.07) is 0.282. The van der Waals surface area contributed by atoms with Crippen molar-refractivity contribution in [3.8, 4) is 0 Å². The van der Waals surface area contributed by atoms with Gasteiger partial charge < -0.3 is 10.6 Å². The molecule has 12 heavy (non-hydrogen) atoms. The minimum absolute atomic E-state index is 0.130. The van der Waals surface area contributed by atoms with E-state index in [1.165, 1.54) is 0 Å². The first-order chi connectivity index (χ1) is 5.61. The summed E-state index contributed by atoms with van der Waals surface area (Å²) in [4.78, 5) is 13.3. The van der Waals surface area contributed by atoms with Gasteiger partial charge in [0, 0.05) is 19.1 Å². The molecular formula is C8H16N2OS. The second-order valence-electron chi connectivity index (χ2n) is 3.34. The van der Waals surface area contributed by atoms with Crippen molar-refractivity contribution in [1.29, 1.82) is 0 Å². The molecule has 0 aliphatic carbocycles. The van der Waals surface area contributed by atoms with Crippen molar-refractivity contribution in [2.45, 2.75) is 31.1 Å². The average molecular weight is 188 g/mol. The van der Waals surface area contributed by atoms with E-state index in [-0.39, 0.29) is 17.2 Å². The Bertz CT molecular complexity index is 164. The maximum atomic E-state index is 11.4. The van der Waals surface area contributed by atoms with Crippen molar-refractivity contribution in [3.63, 3.8) is 0 Å². The minimum atomic E-state index is -0.181. The largest absolute Gasteiger partial charge is 0.342 e. The van der Waals surface area contributed by atoms with Gasteiger partial charge in [-0.15, -0.1) is 0 Å². The average Bonchev–Trinajstić information content (AvgIpc) is 2.04. The predicted octanol–water partition coefficient (Wildman–Crippen LogP) is 0.254. The van der Waals surface area contributed by atoms with E-state index in [4.69, 9.17) is 5.73 Å².